The normalized spacial score (nSPS) is 10.8. The van der Waals surface area contributed by atoms with Gasteiger partial charge in [0.1, 0.15) is 0 Å². The van der Waals surface area contributed by atoms with Gasteiger partial charge in [0, 0.05) is 12.1 Å². The lowest BCUT2D eigenvalue weighted by atomic mass is 10.1. The first kappa shape index (κ1) is 23.2. The second kappa shape index (κ2) is 11.1. The molecule has 29 heavy (non-hydrogen) atoms. The number of nitro benzene ring substituents is 2. The van der Waals surface area contributed by atoms with Crippen molar-refractivity contribution in [3.63, 3.8) is 0 Å². The number of carbonyl (C=O) groups is 2. The maximum Gasteiger partial charge on any atom is 0.330 e. The Bertz CT molecular complexity index is 853. The molecular formula is C18H20N4O7. The van der Waals surface area contributed by atoms with E-state index in [2.05, 4.69) is 17.6 Å². The van der Waals surface area contributed by atoms with E-state index in [1.165, 1.54) is 12.1 Å². The van der Waals surface area contributed by atoms with E-state index in [0.717, 1.165) is 18.7 Å². The van der Waals surface area contributed by atoms with Gasteiger partial charge in [-0.1, -0.05) is 37.3 Å². The van der Waals surface area contributed by atoms with Gasteiger partial charge < -0.3 is 15.7 Å². The summed E-state index contributed by atoms with van der Waals surface area (Å²) in [5.74, 6) is -2.33. The van der Waals surface area contributed by atoms with Gasteiger partial charge in [-0.25, -0.2) is 4.79 Å². The Kier molecular flexibility index (Phi) is 8.86. The molecule has 11 nitrogen and oxygen atoms in total. The van der Waals surface area contributed by atoms with E-state index in [9.17, 15) is 34.9 Å². The molecule has 2 aromatic carbocycles. The molecule has 0 aliphatic rings. The number of non-ortho nitro benzene ring substituents is 2. The molecular weight excluding hydrogens is 384 g/mol. The van der Waals surface area contributed by atoms with Crippen LogP contribution in [-0.4, -0.2) is 40.4 Å². The van der Waals surface area contributed by atoms with Gasteiger partial charge in [-0.05, 0) is 19.2 Å². The summed E-state index contributed by atoms with van der Waals surface area (Å²) in [5.41, 5.74) is -1.40. The van der Waals surface area contributed by atoms with Crippen molar-refractivity contribution in [2.24, 2.45) is 0 Å². The Morgan fingerprint density at radius 1 is 1.03 bits per heavy atom. The first-order chi connectivity index (χ1) is 13.7. The van der Waals surface area contributed by atoms with Crippen molar-refractivity contribution in [1.82, 2.24) is 10.6 Å². The molecule has 154 valence electrons. The number of amides is 1. The summed E-state index contributed by atoms with van der Waals surface area (Å²) in [6.07, 6.45) is 0. The van der Waals surface area contributed by atoms with Gasteiger partial charge in [-0.3, -0.25) is 25.0 Å². The standard InChI is InChI=1S/C15H11N3O7.C3H9N/c19-14(16-13(15(20)21)9-4-2-1-3-5-9)10-6-11(17(22)23)8-12(7-10)18(24)25;1-3-4-2/h1-8,13H,(H,16,19)(H,20,21);4H,3H2,1-2H3. The molecule has 2 rings (SSSR count). The topological polar surface area (TPSA) is 165 Å². The number of benzene rings is 2. The average molecular weight is 404 g/mol. The predicted molar refractivity (Wildman–Crippen MR) is 104 cm³/mol. The van der Waals surface area contributed by atoms with Gasteiger partial charge in [-0.2, -0.15) is 0 Å². The predicted octanol–water partition coefficient (Wildman–Crippen LogP) is 2.28. The summed E-state index contributed by atoms with van der Waals surface area (Å²) in [6.45, 7) is 3.14. The highest BCUT2D eigenvalue weighted by Crippen LogP contribution is 2.23. The minimum atomic E-state index is -1.41. The molecule has 0 bridgehead atoms. The van der Waals surface area contributed by atoms with E-state index in [1.807, 2.05) is 7.05 Å². The molecule has 1 unspecified atom stereocenters. The Balaban J connectivity index is 0.000000960. The summed E-state index contributed by atoms with van der Waals surface area (Å²) in [4.78, 5) is 43.6. The Morgan fingerprint density at radius 3 is 1.90 bits per heavy atom. The number of hydrogen-bond acceptors (Lipinski definition) is 7. The fourth-order valence-corrected chi connectivity index (χ4v) is 2.08. The summed E-state index contributed by atoms with van der Waals surface area (Å²) < 4.78 is 0. The molecule has 0 spiro atoms. The molecule has 0 aliphatic carbocycles. The van der Waals surface area contributed by atoms with Crippen LogP contribution in [0.4, 0.5) is 11.4 Å². The Labute approximate surface area is 165 Å². The van der Waals surface area contributed by atoms with Crippen molar-refractivity contribution < 1.29 is 24.5 Å². The highest BCUT2D eigenvalue weighted by atomic mass is 16.6. The van der Waals surface area contributed by atoms with Gasteiger partial charge in [0.2, 0.25) is 0 Å². The number of hydrogen-bond donors (Lipinski definition) is 3. The lowest BCUT2D eigenvalue weighted by molar-refractivity contribution is -0.394. The summed E-state index contributed by atoms with van der Waals surface area (Å²) in [5, 5.41) is 36.1. The van der Waals surface area contributed by atoms with Crippen LogP contribution in [0.3, 0.4) is 0 Å². The van der Waals surface area contributed by atoms with E-state index in [1.54, 1.807) is 18.2 Å². The van der Waals surface area contributed by atoms with Crippen LogP contribution in [0.25, 0.3) is 0 Å². The Morgan fingerprint density at radius 2 is 1.52 bits per heavy atom. The van der Waals surface area contributed by atoms with Crippen LogP contribution < -0.4 is 10.6 Å². The maximum atomic E-state index is 12.3. The molecule has 1 atom stereocenters. The molecule has 1 amide bonds. The van der Waals surface area contributed by atoms with Crippen LogP contribution in [0.2, 0.25) is 0 Å². The molecule has 3 N–H and O–H groups in total. The molecule has 0 heterocycles. The zero-order valence-electron chi connectivity index (χ0n) is 15.7. The van der Waals surface area contributed by atoms with E-state index >= 15 is 0 Å². The van der Waals surface area contributed by atoms with Gasteiger partial charge in [-0.15, -0.1) is 0 Å². The fraction of sp³-hybridized carbons (Fsp3) is 0.222. The van der Waals surface area contributed by atoms with E-state index in [0.29, 0.717) is 6.07 Å². The summed E-state index contributed by atoms with van der Waals surface area (Å²) in [7, 11) is 1.93. The largest absolute Gasteiger partial charge is 0.479 e. The third kappa shape index (κ3) is 6.99. The number of nitro groups is 2. The second-order valence-electron chi connectivity index (χ2n) is 5.61. The molecule has 0 radical (unpaired) electrons. The first-order valence-electron chi connectivity index (χ1n) is 8.38. The van der Waals surface area contributed by atoms with Crippen LogP contribution in [0.1, 0.15) is 28.9 Å². The zero-order chi connectivity index (χ0) is 22.0. The second-order valence-corrected chi connectivity index (χ2v) is 5.61. The highest BCUT2D eigenvalue weighted by molar-refractivity contribution is 5.98. The first-order valence-corrected chi connectivity index (χ1v) is 8.38. The molecule has 0 aliphatic heterocycles. The minimum Gasteiger partial charge on any atom is -0.479 e. The number of carboxylic acids is 1. The SMILES string of the molecule is CCNC.O=C(NC(C(=O)O)c1ccccc1)c1cc([N+](=O)[O-])cc([N+](=O)[O-])c1. The summed E-state index contributed by atoms with van der Waals surface area (Å²) in [6, 6.07) is 8.76. The van der Waals surface area contributed by atoms with Crippen molar-refractivity contribution in [3.8, 4) is 0 Å². The third-order valence-corrected chi connectivity index (χ3v) is 3.60. The van der Waals surface area contributed by atoms with Crippen LogP contribution in [0, 0.1) is 20.2 Å². The third-order valence-electron chi connectivity index (χ3n) is 3.60. The molecule has 0 saturated heterocycles. The molecule has 0 aromatic heterocycles. The molecule has 2 aromatic rings. The lowest BCUT2D eigenvalue weighted by Gasteiger charge is -2.14. The number of aliphatic carboxylic acids is 1. The molecule has 11 heteroatoms. The van der Waals surface area contributed by atoms with Crippen molar-refractivity contribution in [3.05, 3.63) is 79.9 Å². The maximum absolute atomic E-state index is 12.3. The molecule has 0 fully saturated rings. The summed E-state index contributed by atoms with van der Waals surface area (Å²) >= 11 is 0. The number of nitrogens with one attached hydrogen (secondary N) is 2. The van der Waals surface area contributed by atoms with Gasteiger partial charge in [0.25, 0.3) is 17.3 Å². The monoisotopic (exact) mass is 404 g/mol. The van der Waals surface area contributed by atoms with Gasteiger partial charge >= 0.3 is 5.97 Å². The van der Waals surface area contributed by atoms with Crippen LogP contribution in [-0.2, 0) is 4.79 Å². The fourth-order valence-electron chi connectivity index (χ4n) is 2.08. The van der Waals surface area contributed by atoms with Crippen molar-refractivity contribution in [1.29, 1.82) is 0 Å². The number of carboxylic acid groups (broad SMARTS) is 1. The van der Waals surface area contributed by atoms with Crippen LogP contribution in [0.5, 0.6) is 0 Å². The van der Waals surface area contributed by atoms with E-state index in [4.69, 9.17) is 0 Å². The quantitative estimate of drug-likeness (QED) is 0.467. The van der Waals surface area contributed by atoms with Crippen molar-refractivity contribution in [2.45, 2.75) is 13.0 Å². The number of carbonyl (C=O) groups excluding carboxylic acids is 1. The molecule has 0 saturated carbocycles. The van der Waals surface area contributed by atoms with Gasteiger partial charge in [0.05, 0.1) is 21.5 Å². The van der Waals surface area contributed by atoms with Crippen molar-refractivity contribution >= 4 is 23.3 Å². The highest BCUT2D eigenvalue weighted by Gasteiger charge is 2.25. The van der Waals surface area contributed by atoms with Gasteiger partial charge in [0.15, 0.2) is 6.04 Å². The van der Waals surface area contributed by atoms with Crippen molar-refractivity contribution in [2.75, 3.05) is 13.6 Å². The van der Waals surface area contributed by atoms with Crippen LogP contribution in [0.15, 0.2) is 48.5 Å². The number of rotatable bonds is 7. The number of nitrogens with zero attached hydrogens (tertiary/aromatic N) is 2. The van der Waals surface area contributed by atoms with E-state index in [-0.39, 0.29) is 11.1 Å². The van der Waals surface area contributed by atoms with E-state index < -0.39 is 39.1 Å². The average Bonchev–Trinajstić information content (AvgIpc) is 2.71. The smallest absolute Gasteiger partial charge is 0.330 e. The lowest BCUT2D eigenvalue weighted by Crippen LogP contribution is -2.33. The van der Waals surface area contributed by atoms with Crippen LogP contribution >= 0.6 is 0 Å². The minimum absolute atomic E-state index is 0.281. The zero-order valence-corrected chi connectivity index (χ0v) is 15.7. The Hall–Kier alpha value is -3.86.